The smallest absolute Gasteiger partial charge is 0.269 e. The fourth-order valence-electron chi connectivity index (χ4n) is 2.87. The molecule has 0 heterocycles. The molecule has 0 amide bonds. The van der Waals surface area contributed by atoms with E-state index < -0.39 is 4.92 Å². The molecule has 0 aromatic heterocycles. The lowest BCUT2D eigenvalue weighted by Gasteiger charge is -2.16. The molecule has 3 aromatic carbocycles. The topological polar surface area (TPSA) is 73.6 Å². The van der Waals surface area contributed by atoms with E-state index in [1.807, 2.05) is 13.0 Å². The molecule has 0 unspecified atom stereocenters. The normalized spacial score (nSPS) is 10.5. The van der Waals surface area contributed by atoms with Gasteiger partial charge in [-0.05, 0) is 84.0 Å². The first-order valence-electron chi connectivity index (χ1n) is 9.58. The van der Waals surface area contributed by atoms with Crippen LogP contribution in [0.3, 0.4) is 0 Å². The van der Waals surface area contributed by atoms with E-state index in [1.165, 1.54) is 17.7 Å². The average molecular weight is 518 g/mol. The largest absolute Gasteiger partial charge is 0.490 e. The van der Waals surface area contributed by atoms with E-state index in [-0.39, 0.29) is 5.69 Å². The van der Waals surface area contributed by atoms with Crippen molar-refractivity contribution >= 4 is 34.0 Å². The Morgan fingerprint density at radius 2 is 1.70 bits per heavy atom. The molecular formula is C23H23IN2O4. The first-order chi connectivity index (χ1) is 14.5. The van der Waals surface area contributed by atoms with Crippen molar-refractivity contribution in [3.63, 3.8) is 0 Å². The maximum absolute atomic E-state index is 10.8. The molecule has 0 spiro atoms. The van der Waals surface area contributed by atoms with Crippen molar-refractivity contribution in [2.45, 2.75) is 27.0 Å². The minimum absolute atomic E-state index is 0.0637. The highest BCUT2D eigenvalue weighted by Crippen LogP contribution is 2.35. The molecule has 0 fully saturated rings. The number of halogens is 1. The number of nitrogens with zero attached hydrogens (tertiary/aromatic N) is 1. The molecule has 0 atom stereocenters. The van der Waals surface area contributed by atoms with E-state index in [4.69, 9.17) is 9.47 Å². The van der Waals surface area contributed by atoms with E-state index in [9.17, 15) is 10.1 Å². The Morgan fingerprint density at radius 1 is 1.00 bits per heavy atom. The van der Waals surface area contributed by atoms with Crippen LogP contribution >= 0.6 is 22.6 Å². The Balaban J connectivity index is 1.72. The number of hydrogen-bond donors (Lipinski definition) is 1. The SMILES string of the molecule is CCOc1cc(CNc2ccc(C)cc2)cc(I)c1OCc1ccc([N+](=O)[O-])cc1. The molecule has 0 saturated heterocycles. The predicted octanol–water partition coefficient (Wildman–Crippen LogP) is 6.10. The number of aryl methyl sites for hydroxylation is 1. The van der Waals surface area contributed by atoms with Gasteiger partial charge in [-0.1, -0.05) is 17.7 Å². The van der Waals surface area contributed by atoms with Crippen LogP contribution in [0.25, 0.3) is 0 Å². The molecule has 3 aromatic rings. The Labute approximate surface area is 189 Å². The van der Waals surface area contributed by atoms with Crippen LogP contribution in [0, 0.1) is 20.6 Å². The fraction of sp³-hybridized carbons (Fsp3) is 0.217. The summed E-state index contributed by atoms with van der Waals surface area (Å²) in [7, 11) is 0. The van der Waals surface area contributed by atoms with Crippen LogP contribution in [0.5, 0.6) is 11.5 Å². The average Bonchev–Trinajstić information content (AvgIpc) is 2.73. The van der Waals surface area contributed by atoms with Crippen molar-refractivity contribution in [3.05, 3.63) is 91.0 Å². The summed E-state index contributed by atoms with van der Waals surface area (Å²) in [6, 6.07) is 18.7. The highest BCUT2D eigenvalue weighted by molar-refractivity contribution is 14.1. The van der Waals surface area contributed by atoms with Gasteiger partial charge >= 0.3 is 0 Å². The van der Waals surface area contributed by atoms with Gasteiger partial charge in [0.15, 0.2) is 11.5 Å². The number of nitro benzene ring substituents is 1. The number of non-ortho nitro benzene ring substituents is 1. The lowest BCUT2D eigenvalue weighted by Crippen LogP contribution is -2.05. The van der Waals surface area contributed by atoms with Crippen molar-refractivity contribution in [1.29, 1.82) is 0 Å². The van der Waals surface area contributed by atoms with Crippen LogP contribution in [0.1, 0.15) is 23.6 Å². The Bertz CT molecular complexity index is 1000. The minimum Gasteiger partial charge on any atom is -0.490 e. The standard InChI is InChI=1S/C23H23IN2O4/c1-3-29-22-13-18(14-25-19-8-4-16(2)5-9-19)12-21(24)23(22)30-15-17-6-10-20(11-7-17)26(27)28/h4-13,25H,3,14-15H2,1-2H3. The summed E-state index contributed by atoms with van der Waals surface area (Å²) in [5, 5.41) is 14.2. The highest BCUT2D eigenvalue weighted by Gasteiger charge is 2.13. The molecule has 156 valence electrons. The van der Waals surface area contributed by atoms with Crippen molar-refractivity contribution < 1.29 is 14.4 Å². The summed E-state index contributed by atoms with van der Waals surface area (Å²) in [6.45, 7) is 5.50. The first kappa shape index (κ1) is 21.9. The third kappa shape index (κ3) is 5.85. The van der Waals surface area contributed by atoms with E-state index in [0.29, 0.717) is 31.3 Å². The maximum Gasteiger partial charge on any atom is 0.269 e. The molecule has 1 N–H and O–H groups in total. The lowest BCUT2D eigenvalue weighted by molar-refractivity contribution is -0.384. The fourth-order valence-corrected chi connectivity index (χ4v) is 3.69. The van der Waals surface area contributed by atoms with Crippen LogP contribution in [0.2, 0.25) is 0 Å². The van der Waals surface area contributed by atoms with E-state index in [0.717, 1.165) is 20.4 Å². The maximum atomic E-state index is 10.8. The van der Waals surface area contributed by atoms with Crippen LogP contribution in [0.4, 0.5) is 11.4 Å². The summed E-state index contributed by atoms with van der Waals surface area (Å²) < 4.78 is 12.8. The Morgan fingerprint density at radius 3 is 2.33 bits per heavy atom. The van der Waals surface area contributed by atoms with Crippen molar-refractivity contribution in [1.82, 2.24) is 0 Å². The number of ether oxygens (including phenoxy) is 2. The van der Waals surface area contributed by atoms with Crippen molar-refractivity contribution in [2.75, 3.05) is 11.9 Å². The van der Waals surface area contributed by atoms with Crippen molar-refractivity contribution in [3.8, 4) is 11.5 Å². The number of hydrogen-bond acceptors (Lipinski definition) is 5. The Kier molecular flexibility index (Phi) is 7.51. The molecular weight excluding hydrogens is 495 g/mol. The molecule has 0 aliphatic heterocycles. The molecule has 6 nitrogen and oxygen atoms in total. The van der Waals surface area contributed by atoms with Gasteiger partial charge in [0.05, 0.1) is 15.1 Å². The first-order valence-corrected chi connectivity index (χ1v) is 10.7. The zero-order valence-electron chi connectivity index (χ0n) is 16.9. The van der Waals surface area contributed by atoms with Crippen LogP contribution < -0.4 is 14.8 Å². The van der Waals surface area contributed by atoms with E-state index >= 15 is 0 Å². The molecule has 3 rings (SSSR count). The zero-order chi connectivity index (χ0) is 21.5. The quantitative estimate of drug-likeness (QED) is 0.211. The molecule has 0 saturated carbocycles. The summed E-state index contributed by atoms with van der Waals surface area (Å²) in [4.78, 5) is 10.4. The van der Waals surface area contributed by atoms with Gasteiger partial charge in [0.25, 0.3) is 5.69 Å². The van der Waals surface area contributed by atoms with Gasteiger partial charge < -0.3 is 14.8 Å². The number of anilines is 1. The highest BCUT2D eigenvalue weighted by atomic mass is 127. The van der Waals surface area contributed by atoms with Gasteiger partial charge in [-0.15, -0.1) is 0 Å². The minimum atomic E-state index is -0.413. The molecule has 0 bridgehead atoms. The third-order valence-corrected chi connectivity index (χ3v) is 5.25. The van der Waals surface area contributed by atoms with Gasteiger partial charge in [0.1, 0.15) is 6.61 Å². The second kappa shape index (κ2) is 10.3. The van der Waals surface area contributed by atoms with Crippen LogP contribution in [-0.4, -0.2) is 11.5 Å². The van der Waals surface area contributed by atoms with Gasteiger partial charge in [-0.2, -0.15) is 0 Å². The molecule has 7 heteroatoms. The second-order valence-corrected chi connectivity index (χ2v) is 7.93. The molecule has 30 heavy (non-hydrogen) atoms. The molecule has 0 aliphatic rings. The van der Waals surface area contributed by atoms with Crippen LogP contribution in [0.15, 0.2) is 60.7 Å². The predicted molar refractivity (Wildman–Crippen MR) is 126 cm³/mol. The van der Waals surface area contributed by atoms with Crippen molar-refractivity contribution in [2.24, 2.45) is 0 Å². The Hall–Kier alpha value is -2.81. The summed E-state index contributed by atoms with van der Waals surface area (Å²) in [5.41, 5.74) is 4.29. The number of rotatable bonds is 9. The number of nitro groups is 1. The zero-order valence-corrected chi connectivity index (χ0v) is 19.0. The monoisotopic (exact) mass is 518 g/mol. The summed E-state index contributed by atoms with van der Waals surface area (Å²) in [5.74, 6) is 1.36. The van der Waals surface area contributed by atoms with E-state index in [1.54, 1.807) is 12.1 Å². The van der Waals surface area contributed by atoms with Gasteiger partial charge in [-0.3, -0.25) is 10.1 Å². The van der Waals surface area contributed by atoms with Gasteiger partial charge in [-0.25, -0.2) is 0 Å². The van der Waals surface area contributed by atoms with Crippen LogP contribution in [-0.2, 0) is 13.2 Å². The summed E-state index contributed by atoms with van der Waals surface area (Å²) in [6.07, 6.45) is 0. The van der Waals surface area contributed by atoms with Gasteiger partial charge in [0, 0.05) is 24.4 Å². The molecule has 0 radical (unpaired) electrons. The van der Waals surface area contributed by atoms with Gasteiger partial charge in [0.2, 0.25) is 0 Å². The molecule has 0 aliphatic carbocycles. The van der Waals surface area contributed by atoms with E-state index in [2.05, 4.69) is 65.2 Å². The number of nitrogens with one attached hydrogen (secondary N) is 1. The third-order valence-electron chi connectivity index (χ3n) is 4.45. The second-order valence-electron chi connectivity index (χ2n) is 6.77. The summed E-state index contributed by atoms with van der Waals surface area (Å²) >= 11 is 2.24. The number of benzene rings is 3. The lowest BCUT2D eigenvalue weighted by atomic mass is 10.1.